The Bertz CT molecular complexity index is 307. The first-order valence-corrected chi connectivity index (χ1v) is 6.79. The molecule has 2 amide bonds. The highest BCUT2D eigenvalue weighted by Crippen LogP contribution is 2.27. The van der Waals surface area contributed by atoms with E-state index >= 15 is 0 Å². The molecule has 0 aliphatic heterocycles. The smallest absolute Gasteiger partial charge is 0.242 e. The van der Waals surface area contributed by atoms with Crippen molar-refractivity contribution in [3.05, 3.63) is 0 Å². The molecule has 1 aliphatic rings. The molecule has 4 unspecified atom stereocenters. The van der Waals surface area contributed by atoms with Gasteiger partial charge in [0.2, 0.25) is 11.8 Å². The molecule has 0 aromatic heterocycles. The fourth-order valence-corrected chi connectivity index (χ4v) is 2.32. The molecule has 0 bridgehead atoms. The van der Waals surface area contributed by atoms with Crippen LogP contribution in [-0.4, -0.2) is 30.4 Å². The average molecular weight is 255 g/mol. The summed E-state index contributed by atoms with van der Waals surface area (Å²) in [4.78, 5) is 23.5. The van der Waals surface area contributed by atoms with Crippen LogP contribution < -0.4 is 16.4 Å². The van der Waals surface area contributed by atoms with Crippen LogP contribution in [0.5, 0.6) is 0 Å². The molecule has 0 saturated heterocycles. The van der Waals surface area contributed by atoms with Crippen LogP contribution >= 0.6 is 0 Å². The molecule has 0 heterocycles. The van der Waals surface area contributed by atoms with Crippen molar-refractivity contribution in [2.24, 2.45) is 17.6 Å². The number of hydrogen-bond donors (Lipinski definition) is 3. The lowest BCUT2D eigenvalue weighted by molar-refractivity contribution is -0.131. The summed E-state index contributed by atoms with van der Waals surface area (Å²) in [5, 5.41) is 5.45. The van der Waals surface area contributed by atoms with Gasteiger partial charge in [-0.3, -0.25) is 9.59 Å². The van der Waals surface area contributed by atoms with Gasteiger partial charge in [-0.25, -0.2) is 0 Å². The van der Waals surface area contributed by atoms with Crippen LogP contribution in [-0.2, 0) is 9.59 Å². The molecule has 1 rings (SSSR count). The van der Waals surface area contributed by atoms with Crippen LogP contribution in [0.4, 0.5) is 0 Å². The summed E-state index contributed by atoms with van der Waals surface area (Å²) in [5.74, 6) is 0.248. The fraction of sp³-hybridized carbons (Fsp3) is 0.846. The van der Waals surface area contributed by atoms with Gasteiger partial charge in [0.05, 0.1) is 0 Å². The molecule has 5 nitrogen and oxygen atoms in total. The van der Waals surface area contributed by atoms with Crippen molar-refractivity contribution in [3.63, 3.8) is 0 Å². The van der Waals surface area contributed by atoms with Crippen LogP contribution in [0.15, 0.2) is 0 Å². The van der Waals surface area contributed by atoms with Crippen LogP contribution in [0.3, 0.4) is 0 Å². The molecule has 0 radical (unpaired) electrons. The van der Waals surface area contributed by atoms with E-state index in [1.807, 2.05) is 6.92 Å². The lowest BCUT2D eigenvalue weighted by atomic mass is 9.79. The van der Waals surface area contributed by atoms with Gasteiger partial charge < -0.3 is 16.4 Å². The Morgan fingerprint density at radius 3 is 2.61 bits per heavy atom. The largest absolute Gasteiger partial charge is 0.355 e. The minimum Gasteiger partial charge on any atom is -0.355 e. The molecule has 5 heteroatoms. The number of carbonyl (C=O) groups is 2. The first-order chi connectivity index (χ1) is 8.45. The summed E-state index contributed by atoms with van der Waals surface area (Å²) in [6.45, 7) is 6.25. The molecule has 0 aromatic rings. The number of amides is 2. The summed E-state index contributed by atoms with van der Waals surface area (Å²) in [6, 6.07) is -0.387. The highest BCUT2D eigenvalue weighted by Gasteiger charge is 2.30. The quantitative estimate of drug-likeness (QED) is 0.679. The van der Waals surface area contributed by atoms with E-state index in [0.717, 1.165) is 19.3 Å². The third kappa shape index (κ3) is 3.98. The maximum absolute atomic E-state index is 12.0. The average Bonchev–Trinajstić information content (AvgIpc) is 2.32. The Labute approximate surface area is 109 Å². The third-order valence-electron chi connectivity index (χ3n) is 3.73. The number of likely N-dealkylation sites (N-methyl/N-ethyl adjacent to an activating group) is 1. The molecule has 4 atom stereocenters. The molecule has 1 fully saturated rings. The van der Waals surface area contributed by atoms with E-state index in [9.17, 15) is 9.59 Å². The highest BCUT2D eigenvalue weighted by molar-refractivity contribution is 5.88. The van der Waals surface area contributed by atoms with Crippen LogP contribution in [0, 0.1) is 11.8 Å². The number of nitrogens with two attached hydrogens (primary N) is 1. The number of rotatable bonds is 4. The second kappa shape index (κ2) is 6.73. The van der Waals surface area contributed by atoms with E-state index in [1.165, 1.54) is 0 Å². The van der Waals surface area contributed by atoms with E-state index in [0.29, 0.717) is 12.5 Å². The predicted octanol–water partition coefficient (Wildman–Crippen LogP) is 0.391. The zero-order valence-corrected chi connectivity index (χ0v) is 11.5. The highest BCUT2D eigenvalue weighted by atomic mass is 16.2. The first-order valence-electron chi connectivity index (χ1n) is 6.79. The molecule has 0 aromatic carbocycles. The van der Waals surface area contributed by atoms with Crippen molar-refractivity contribution in [2.45, 2.75) is 52.1 Å². The minimum atomic E-state index is -0.479. The Balaban J connectivity index is 2.43. The second-order valence-corrected chi connectivity index (χ2v) is 5.28. The third-order valence-corrected chi connectivity index (χ3v) is 3.73. The van der Waals surface area contributed by atoms with Gasteiger partial charge >= 0.3 is 0 Å². The molecule has 1 saturated carbocycles. The number of nitrogens with one attached hydrogen (secondary N) is 2. The number of carbonyl (C=O) groups excluding carboxylic acids is 2. The number of hydrogen-bond acceptors (Lipinski definition) is 3. The normalized spacial score (nSPS) is 29.4. The summed E-state index contributed by atoms with van der Waals surface area (Å²) < 4.78 is 0. The van der Waals surface area contributed by atoms with Gasteiger partial charge in [-0.2, -0.15) is 0 Å². The lowest BCUT2D eigenvalue weighted by Gasteiger charge is -2.31. The molecule has 1 aliphatic carbocycles. The van der Waals surface area contributed by atoms with Gasteiger partial charge in [-0.1, -0.05) is 6.92 Å². The van der Waals surface area contributed by atoms with E-state index < -0.39 is 6.04 Å². The zero-order chi connectivity index (χ0) is 13.7. The van der Waals surface area contributed by atoms with Gasteiger partial charge in [0.1, 0.15) is 6.04 Å². The summed E-state index contributed by atoms with van der Waals surface area (Å²) in [7, 11) is 0. The van der Waals surface area contributed by atoms with Crippen molar-refractivity contribution < 1.29 is 9.59 Å². The van der Waals surface area contributed by atoms with E-state index in [-0.39, 0.29) is 23.8 Å². The first kappa shape index (κ1) is 15.0. The van der Waals surface area contributed by atoms with Gasteiger partial charge in [-0.15, -0.1) is 0 Å². The van der Waals surface area contributed by atoms with E-state index in [2.05, 4.69) is 17.6 Å². The maximum Gasteiger partial charge on any atom is 0.242 e. The molecular weight excluding hydrogens is 230 g/mol. The van der Waals surface area contributed by atoms with Gasteiger partial charge in [0.15, 0.2) is 0 Å². The molecular formula is C13H25N3O2. The fourth-order valence-electron chi connectivity index (χ4n) is 2.32. The molecule has 18 heavy (non-hydrogen) atoms. The van der Waals surface area contributed by atoms with Crippen molar-refractivity contribution in [2.75, 3.05) is 6.54 Å². The predicted molar refractivity (Wildman–Crippen MR) is 70.8 cm³/mol. The zero-order valence-electron chi connectivity index (χ0n) is 11.5. The molecule has 4 N–H and O–H groups in total. The standard InChI is InChI=1S/C13H25N3O2/c1-4-15-12(17)9(3)16-13(18)10-6-5-8(2)11(14)7-10/h8-11H,4-7,14H2,1-3H3,(H,15,17)(H,16,18). The van der Waals surface area contributed by atoms with E-state index in [4.69, 9.17) is 5.73 Å². The van der Waals surface area contributed by atoms with Crippen LogP contribution in [0.2, 0.25) is 0 Å². The van der Waals surface area contributed by atoms with Crippen molar-refractivity contribution in [3.8, 4) is 0 Å². The summed E-state index contributed by atoms with van der Waals surface area (Å²) in [5.41, 5.74) is 5.99. The van der Waals surface area contributed by atoms with Crippen LogP contribution in [0.1, 0.15) is 40.0 Å². The van der Waals surface area contributed by atoms with Crippen molar-refractivity contribution in [1.82, 2.24) is 10.6 Å². The SMILES string of the molecule is CCNC(=O)C(C)NC(=O)C1CCC(C)C(N)C1. The topological polar surface area (TPSA) is 84.2 Å². The van der Waals surface area contributed by atoms with Gasteiger partial charge in [-0.05, 0) is 39.0 Å². The summed E-state index contributed by atoms with van der Waals surface area (Å²) >= 11 is 0. The van der Waals surface area contributed by atoms with Gasteiger partial charge in [0.25, 0.3) is 0 Å². The Hall–Kier alpha value is -1.10. The summed E-state index contributed by atoms with van der Waals surface area (Å²) in [6.07, 6.45) is 2.56. The van der Waals surface area contributed by atoms with Gasteiger partial charge in [0, 0.05) is 18.5 Å². The minimum absolute atomic E-state index is 0.0453. The lowest BCUT2D eigenvalue weighted by Crippen LogP contribution is -2.48. The Morgan fingerprint density at radius 1 is 1.39 bits per heavy atom. The van der Waals surface area contributed by atoms with Crippen molar-refractivity contribution >= 4 is 11.8 Å². The van der Waals surface area contributed by atoms with E-state index in [1.54, 1.807) is 6.92 Å². The maximum atomic E-state index is 12.0. The molecule has 104 valence electrons. The monoisotopic (exact) mass is 255 g/mol. The molecule has 0 spiro atoms. The Morgan fingerprint density at radius 2 is 2.06 bits per heavy atom. The second-order valence-electron chi connectivity index (χ2n) is 5.28. The Kier molecular flexibility index (Phi) is 5.59. The van der Waals surface area contributed by atoms with Crippen LogP contribution in [0.25, 0.3) is 0 Å². The van der Waals surface area contributed by atoms with Crippen molar-refractivity contribution in [1.29, 1.82) is 0 Å².